The van der Waals surface area contributed by atoms with Crippen LogP contribution in [0.25, 0.3) is 0 Å². The van der Waals surface area contributed by atoms with Crippen molar-refractivity contribution < 1.29 is 28.2 Å². The number of amides is 3. The third kappa shape index (κ3) is 6.11. The Bertz CT molecular complexity index is 1010. The molecule has 0 aromatic heterocycles. The summed E-state index contributed by atoms with van der Waals surface area (Å²) in [4.78, 5) is 40.4. The van der Waals surface area contributed by atoms with Gasteiger partial charge in [0.25, 0.3) is 11.8 Å². The smallest absolute Gasteiger partial charge is 0.257 e. The largest absolute Gasteiger partial charge is 0.496 e. The summed E-state index contributed by atoms with van der Waals surface area (Å²) in [5.74, 6) is -1.54. The van der Waals surface area contributed by atoms with Crippen molar-refractivity contribution >= 4 is 17.7 Å². The average molecular weight is 472 g/mol. The Morgan fingerprint density at radius 2 is 1.68 bits per heavy atom. The third-order valence-electron chi connectivity index (χ3n) is 5.93. The summed E-state index contributed by atoms with van der Waals surface area (Å²) in [6, 6.07) is 11.8. The molecule has 1 aliphatic heterocycles. The molecule has 8 nitrogen and oxygen atoms in total. The molecular formula is C25H30FN3O5. The van der Waals surface area contributed by atoms with Crippen LogP contribution < -0.4 is 15.4 Å². The van der Waals surface area contributed by atoms with Gasteiger partial charge in [0.2, 0.25) is 5.91 Å². The van der Waals surface area contributed by atoms with Crippen molar-refractivity contribution in [1.82, 2.24) is 15.5 Å². The van der Waals surface area contributed by atoms with Crippen molar-refractivity contribution in [2.45, 2.75) is 18.9 Å². The lowest BCUT2D eigenvalue weighted by molar-refractivity contribution is -0.124. The van der Waals surface area contributed by atoms with E-state index >= 15 is 0 Å². The molecule has 1 unspecified atom stereocenters. The molecule has 2 aromatic rings. The van der Waals surface area contributed by atoms with Crippen LogP contribution in [0.4, 0.5) is 4.39 Å². The highest BCUT2D eigenvalue weighted by atomic mass is 19.1. The van der Waals surface area contributed by atoms with E-state index in [0.717, 1.165) is 0 Å². The standard InChI is InChI=1S/C25H30FN3O5/c1-33-16-13-27-24(31)22(28-23(30)18-7-3-5-9-20(18)26)17-11-14-29(15-12-17)25(32)19-8-4-6-10-21(19)34-2/h3-10,17,22H,11-16H2,1-2H3,(H,27,31)(H,28,30). The number of carbonyl (C=O) groups is 3. The number of nitrogens with zero attached hydrogens (tertiary/aromatic N) is 1. The summed E-state index contributed by atoms with van der Waals surface area (Å²) in [5, 5.41) is 5.47. The fourth-order valence-electron chi connectivity index (χ4n) is 4.08. The second-order valence-electron chi connectivity index (χ2n) is 8.04. The van der Waals surface area contributed by atoms with Crippen LogP contribution in [0.1, 0.15) is 33.6 Å². The fourth-order valence-corrected chi connectivity index (χ4v) is 4.08. The number of ether oxygens (including phenoxy) is 2. The lowest BCUT2D eigenvalue weighted by Crippen LogP contribution is -2.54. The predicted octanol–water partition coefficient (Wildman–Crippen LogP) is 2.25. The number of likely N-dealkylation sites (tertiary alicyclic amines) is 1. The van der Waals surface area contributed by atoms with E-state index < -0.39 is 17.8 Å². The molecule has 0 saturated carbocycles. The number of carbonyl (C=O) groups excluding carboxylic acids is 3. The molecule has 2 aromatic carbocycles. The SMILES string of the molecule is COCCNC(=O)C(NC(=O)c1ccccc1F)C1CCN(C(=O)c2ccccc2OC)CC1. The number of hydrogen-bond donors (Lipinski definition) is 2. The first kappa shape index (κ1) is 25.2. The van der Waals surface area contributed by atoms with Crippen LogP contribution in [0.15, 0.2) is 48.5 Å². The van der Waals surface area contributed by atoms with Gasteiger partial charge in [-0.3, -0.25) is 14.4 Å². The first-order valence-corrected chi connectivity index (χ1v) is 11.2. The molecule has 1 fully saturated rings. The summed E-state index contributed by atoms with van der Waals surface area (Å²) in [6.07, 6.45) is 1.00. The van der Waals surface area contributed by atoms with E-state index in [4.69, 9.17) is 9.47 Å². The molecule has 0 radical (unpaired) electrons. The van der Waals surface area contributed by atoms with E-state index in [1.807, 2.05) is 0 Å². The Morgan fingerprint density at radius 3 is 2.32 bits per heavy atom. The summed E-state index contributed by atoms with van der Waals surface area (Å²) in [7, 11) is 3.04. The Balaban J connectivity index is 1.70. The number of benzene rings is 2. The first-order valence-electron chi connectivity index (χ1n) is 11.2. The maximum Gasteiger partial charge on any atom is 0.257 e. The minimum atomic E-state index is -0.868. The number of halogens is 1. The van der Waals surface area contributed by atoms with Crippen molar-refractivity contribution in [2.75, 3.05) is 40.5 Å². The number of para-hydroxylation sites is 1. The van der Waals surface area contributed by atoms with Gasteiger partial charge in [-0.1, -0.05) is 24.3 Å². The molecule has 1 atom stereocenters. The zero-order chi connectivity index (χ0) is 24.5. The van der Waals surface area contributed by atoms with Gasteiger partial charge in [-0.05, 0) is 43.0 Å². The maximum absolute atomic E-state index is 14.1. The minimum Gasteiger partial charge on any atom is -0.496 e. The van der Waals surface area contributed by atoms with E-state index in [1.54, 1.807) is 35.2 Å². The predicted molar refractivity (Wildman–Crippen MR) is 124 cm³/mol. The van der Waals surface area contributed by atoms with Gasteiger partial charge in [-0.25, -0.2) is 4.39 Å². The Labute approximate surface area is 198 Å². The summed E-state index contributed by atoms with van der Waals surface area (Å²) in [6.45, 7) is 1.44. The van der Waals surface area contributed by atoms with Crippen LogP contribution in [0, 0.1) is 11.7 Å². The fraction of sp³-hybridized carbons (Fsp3) is 0.400. The number of piperidine rings is 1. The topological polar surface area (TPSA) is 97.0 Å². The van der Waals surface area contributed by atoms with Gasteiger partial charge in [0.15, 0.2) is 0 Å². The molecule has 0 aliphatic carbocycles. The molecule has 3 amide bonds. The normalized spacial score (nSPS) is 14.9. The van der Waals surface area contributed by atoms with Crippen LogP contribution in [-0.4, -0.2) is 69.1 Å². The molecule has 2 N–H and O–H groups in total. The van der Waals surface area contributed by atoms with Crippen molar-refractivity contribution in [1.29, 1.82) is 0 Å². The highest BCUT2D eigenvalue weighted by Crippen LogP contribution is 2.25. The maximum atomic E-state index is 14.1. The summed E-state index contributed by atoms with van der Waals surface area (Å²) in [5.41, 5.74) is 0.353. The van der Waals surface area contributed by atoms with Gasteiger partial charge >= 0.3 is 0 Å². The number of nitrogens with one attached hydrogen (secondary N) is 2. The molecule has 34 heavy (non-hydrogen) atoms. The van der Waals surface area contributed by atoms with Gasteiger partial charge in [-0.2, -0.15) is 0 Å². The van der Waals surface area contributed by atoms with Gasteiger partial charge in [-0.15, -0.1) is 0 Å². The van der Waals surface area contributed by atoms with E-state index in [-0.39, 0.29) is 29.8 Å². The second kappa shape index (κ2) is 12.1. The van der Waals surface area contributed by atoms with Crippen molar-refractivity contribution in [3.05, 3.63) is 65.5 Å². The van der Waals surface area contributed by atoms with Crippen LogP contribution in [0.3, 0.4) is 0 Å². The molecule has 1 aliphatic rings. The van der Waals surface area contributed by atoms with Gasteiger partial charge in [0.1, 0.15) is 17.6 Å². The Hall–Kier alpha value is -3.46. The van der Waals surface area contributed by atoms with Crippen LogP contribution in [0.2, 0.25) is 0 Å². The van der Waals surface area contributed by atoms with E-state index in [0.29, 0.717) is 43.9 Å². The van der Waals surface area contributed by atoms with Crippen molar-refractivity contribution in [3.8, 4) is 5.75 Å². The van der Waals surface area contributed by atoms with Crippen LogP contribution >= 0.6 is 0 Å². The first-order chi connectivity index (χ1) is 16.5. The molecule has 0 bridgehead atoms. The monoisotopic (exact) mass is 471 g/mol. The van der Waals surface area contributed by atoms with E-state index in [9.17, 15) is 18.8 Å². The summed E-state index contributed by atoms with van der Waals surface area (Å²) < 4.78 is 24.4. The quantitative estimate of drug-likeness (QED) is 0.547. The Morgan fingerprint density at radius 1 is 1.03 bits per heavy atom. The number of hydrogen-bond acceptors (Lipinski definition) is 5. The molecule has 0 spiro atoms. The van der Waals surface area contributed by atoms with E-state index in [2.05, 4.69) is 10.6 Å². The average Bonchev–Trinajstić information content (AvgIpc) is 2.87. The van der Waals surface area contributed by atoms with Crippen LogP contribution in [0.5, 0.6) is 5.75 Å². The number of methoxy groups -OCH3 is 2. The lowest BCUT2D eigenvalue weighted by atomic mass is 9.88. The van der Waals surface area contributed by atoms with E-state index in [1.165, 1.54) is 32.4 Å². The molecule has 1 saturated heterocycles. The second-order valence-corrected chi connectivity index (χ2v) is 8.04. The minimum absolute atomic E-state index is 0.124. The highest BCUT2D eigenvalue weighted by Gasteiger charge is 2.34. The van der Waals surface area contributed by atoms with Gasteiger partial charge < -0.3 is 25.0 Å². The molecular weight excluding hydrogens is 441 g/mol. The highest BCUT2D eigenvalue weighted by molar-refractivity contribution is 5.98. The van der Waals surface area contributed by atoms with Crippen LogP contribution in [-0.2, 0) is 9.53 Å². The summed E-state index contributed by atoms with van der Waals surface area (Å²) >= 11 is 0. The zero-order valence-electron chi connectivity index (χ0n) is 19.4. The van der Waals surface area contributed by atoms with Gasteiger partial charge in [0, 0.05) is 26.7 Å². The molecule has 3 rings (SSSR count). The zero-order valence-corrected chi connectivity index (χ0v) is 19.4. The van der Waals surface area contributed by atoms with Gasteiger partial charge in [0.05, 0.1) is 24.8 Å². The molecule has 1 heterocycles. The molecule has 182 valence electrons. The number of rotatable bonds is 9. The van der Waals surface area contributed by atoms with Crippen molar-refractivity contribution in [3.63, 3.8) is 0 Å². The Kier molecular flexibility index (Phi) is 8.98. The lowest BCUT2D eigenvalue weighted by Gasteiger charge is -2.36. The van der Waals surface area contributed by atoms with Crippen molar-refractivity contribution in [2.24, 2.45) is 5.92 Å². The molecule has 9 heteroatoms. The third-order valence-corrected chi connectivity index (χ3v) is 5.93.